The number of ether oxygens (including phenoxy) is 3. The first-order valence-electron chi connectivity index (χ1n) is 9.13. The highest BCUT2D eigenvalue weighted by Gasteiger charge is 2.42. The molecule has 1 N–H and O–H groups in total. The third-order valence-electron chi connectivity index (χ3n) is 5.36. The smallest absolute Gasteiger partial charge is 0.317 e. The van der Waals surface area contributed by atoms with Crippen LogP contribution in [0, 0.1) is 5.92 Å². The molecule has 0 saturated carbocycles. The molecule has 132 valence electrons. The fourth-order valence-electron chi connectivity index (χ4n) is 3.75. The van der Waals surface area contributed by atoms with Gasteiger partial charge in [0.25, 0.3) is 0 Å². The van der Waals surface area contributed by atoms with E-state index in [4.69, 9.17) is 14.2 Å². The number of hydrogen-bond donors (Lipinski definition) is 1. The lowest BCUT2D eigenvalue weighted by Gasteiger charge is -2.31. The molecule has 2 amide bonds. The minimum Gasteiger partial charge on any atom is -0.381 e. The Balaban J connectivity index is 1.41. The monoisotopic (exact) mass is 326 g/mol. The lowest BCUT2D eigenvalue weighted by molar-refractivity contribution is -0.210. The van der Waals surface area contributed by atoms with Crippen molar-refractivity contribution in [1.29, 1.82) is 0 Å². The normalized spacial score (nSPS) is 31.1. The number of hydrogen-bond acceptors (Lipinski definition) is 4. The third-order valence-corrected chi connectivity index (χ3v) is 5.36. The van der Waals surface area contributed by atoms with Crippen LogP contribution in [0.5, 0.6) is 0 Å². The highest BCUT2D eigenvalue weighted by atomic mass is 16.7. The second-order valence-corrected chi connectivity index (χ2v) is 6.95. The molecular weight excluding hydrogens is 296 g/mol. The zero-order chi connectivity index (χ0) is 16.1. The first-order valence-corrected chi connectivity index (χ1v) is 9.13. The van der Waals surface area contributed by atoms with Gasteiger partial charge in [0.2, 0.25) is 0 Å². The topological polar surface area (TPSA) is 60.0 Å². The summed E-state index contributed by atoms with van der Waals surface area (Å²) in [5.41, 5.74) is 0. The molecule has 6 nitrogen and oxygen atoms in total. The van der Waals surface area contributed by atoms with Crippen molar-refractivity contribution in [1.82, 2.24) is 10.2 Å². The van der Waals surface area contributed by atoms with Crippen LogP contribution in [0.25, 0.3) is 0 Å². The number of nitrogens with zero attached hydrogens (tertiary/aromatic N) is 1. The number of carbonyl (C=O) groups excluding carboxylic acids is 1. The largest absolute Gasteiger partial charge is 0.381 e. The minimum atomic E-state index is -0.468. The Hall–Kier alpha value is -0.850. The average Bonchev–Trinajstić information content (AvgIpc) is 2.82. The van der Waals surface area contributed by atoms with Crippen LogP contribution in [0.3, 0.4) is 0 Å². The van der Waals surface area contributed by atoms with Gasteiger partial charge in [-0.3, -0.25) is 0 Å². The summed E-state index contributed by atoms with van der Waals surface area (Å²) in [5.74, 6) is 0.303. The number of urea groups is 1. The SMILES string of the molecule is CC[C@H]1CCCN(C(=O)NC[C@@H]2COC3(CCOCC3)O2)CC1. The summed E-state index contributed by atoms with van der Waals surface area (Å²) in [5, 5.41) is 3.03. The standard InChI is InChI=1S/C17H30N2O4/c1-2-14-4-3-8-19(9-5-14)16(20)18-12-15-13-22-17(23-15)6-10-21-11-7-17/h14-15H,2-13H2,1H3,(H,18,20)/t14-,15+/m0/s1. The van der Waals surface area contributed by atoms with Gasteiger partial charge >= 0.3 is 6.03 Å². The molecule has 0 bridgehead atoms. The molecule has 23 heavy (non-hydrogen) atoms. The number of nitrogens with one attached hydrogen (secondary N) is 1. The Labute approximate surface area is 138 Å². The van der Waals surface area contributed by atoms with Gasteiger partial charge < -0.3 is 24.4 Å². The van der Waals surface area contributed by atoms with Crippen LogP contribution in [0.1, 0.15) is 45.4 Å². The predicted octanol–water partition coefficient (Wildman–Crippen LogP) is 2.13. The Morgan fingerprint density at radius 2 is 2.09 bits per heavy atom. The van der Waals surface area contributed by atoms with Gasteiger partial charge in [0.1, 0.15) is 6.10 Å². The molecule has 3 saturated heterocycles. The Kier molecular flexibility index (Phi) is 5.77. The van der Waals surface area contributed by atoms with E-state index in [0.717, 1.165) is 44.7 Å². The summed E-state index contributed by atoms with van der Waals surface area (Å²) < 4.78 is 17.3. The van der Waals surface area contributed by atoms with E-state index in [1.54, 1.807) is 0 Å². The third kappa shape index (κ3) is 4.37. The van der Waals surface area contributed by atoms with Crippen LogP contribution < -0.4 is 5.32 Å². The van der Waals surface area contributed by atoms with Gasteiger partial charge in [0.15, 0.2) is 5.79 Å². The summed E-state index contributed by atoms with van der Waals surface area (Å²) in [4.78, 5) is 14.3. The number of likely N-dealkylation sites (tertiary alicyclic amines) is 1. The van der Waals surface area contributed by atoms with Crippen LogP contribution in [0.2, 0.25) is 0 Å². The molecule has 0 aromatic rings. The van der Waals surface area contributed by atoms with Gasteiger partial charge in [-0.2, -0.15) is 0 Å². The highest BCUT2D eigenvalue weighted by molar-refractivity contribution is 5.74. The molecule has 2 atom stereocenters. The molecule has 0 unspecified atom stereocenters. The summed E-state index contributed by atoms with van der Waals surface area (Å²) in [6, 6.07) is 0.0401. The average molecular weight is 326 g/mol. The fraction of sp³-hybridized carbons (Fsp3) is 0.941. The fourth-order valence-corrected chi connectivity index (χ4v) is 3.75. The maximum Gasteiger partial charge on any atom is 0.317 e. The van der Waals surface area contributed by atoms with E-state index in [-0.39, 0.29) is 12.1 Å². The molecule has 6 heteroatoms. The summed E-state index contributed by atoms with van der Waals surface area (Å²) in [6.45, 7) is 6.42. The molecule has 3 aliphatic rings. The molecule has 3 heterocycles. The van der Waals surface area contributed by atoms with Gasteiger partial charge in [-0.05, 0) is 25.2 Å². The highest BCUT2D eigenvalue weighted by Crippen LogP contribution is 2.33. The molecule has 3 aliphatic heterocycles. The molecular formula is C17H30N2O4. The minimum absolute atomic E-state index is 0.0401. The molecule has 1 spiro atoms. The zero-order valence-electron chi connectivity index (χ0n) is 14.2. The van der Waals surface area contributed by atoms with Crippen molar-refractivity contribution in [2.45, 2.75) is 57.3 Å². The lowest BCUT2D eigenvalue weighted by atomic mass is 9.98. The van der Waals surface area contributed by atoms with Gasteiger partial charge in [-0.25, -0.2) is 4.79 Å². The summed E-state index contributed by atoms with van der Waals surface area (Å²) in [7, 11) is 0. The Morgan fingerprint density at radius 1 is 1.26 bits per heavy atom. The number of rotatable bonds is 3. The number of amides is 2. The molecule has 0 aliphatic carbocycles. The van der Waals surface area contributed by atoms with E-state index in [1.165, 1.54) is 12.8 Å². The summed E-state index contributed by atoms with van der Waals surface area (Å²) >= 11 is 0. The van der Waals surface area contributed by atoms with E-state index in [9.17, 15) is 4.79 Å². The molecule has 0 aromatic heterocycles. The molecule has 0 aromatic carbocycles. The van der Waals surface area contributed by atoms with Crippen LogP contribution in [0.4, 0.5) is 4.79 Å². The first kappa shape index (κ1) is 17.0. The van der Waals surface area contributed by atoms with Crippen molar-refractivity contribution >= 4 is 6.03 Å². The van der Waals surface area contributed by atoms with E-state index < -0.39 is 5.79 Å². The Morgan fingerprint density at radius 3 is 2.87 bits per heavy atom. The zero-order valence-corrected chi connectivity index (χ0v) is 14.2. The van der Waals surface area contributed by atoms with Crippen molar-refractivity contribution in [2.24, 2.45) is 5.92 Å². The van der Waals surface area contributed by atoms with Gasteiger partial charge in [0, 0.05) is 32.5 Å². The maximum absolute atomic E-state index is 12.4. The second kappa shape index (κ2) is 7.81. The van der Waals surface area contributed by atoms with Gasteiger partial charge in [0.05, 0.1) is 19.8 Å². The second-order valence-electron chi connectivity index (χ2n) is 6.95. The number of carbonyl (C=O) groups is 1. The Bertz CT molecular complexity index is 398. The van der Waals surface area contributed by atoms with Crippen LogP contribution in [0.15, 0.2) is 0 Å². The van der Waals surface area contributed by atoms with Crippen LogP contribution in [-0.2, 0) is 14.2 Å². The van der Waals surface area contributed by atoms with E-state index >= 15 is 0 Å². The molecule has 3 rings (SSSR count). The quantitative estimate of drug-likeness (QED) is 0.863. The van der Waals surface area contributed by atoms with E-state index in [1.807, 2.05) is 4.90 Å². The van der Waals surface area contributed by atoms with Crippen molar-refractivity contribution in [2.75, 3.05) is 39.5 Å². The molecule has 3 fully saturated rings. The van der Waals surface area contributed by atoms with E-state index in [0.29, 0.717) is 26.4 Å². The first-order chi connectivity index (χ1) is 11.2. The van der Waals surface area contributed by atoms with Crippen molar-refractivity contribution in [3.8, 4) is 0 Å². The van der Waals surface area contributed by atoms with Crippen molar-refractivity contribution in [3.05, 3.63) is 0 Å². The van der Waals surface area contributed by atoms with Crippen molar-refractivity contribution in [3.63, 3.8) is 0 Å². The summed E-state index contributed by atoms with van der Waals surface area (Å²) in [6.07, 6.45) is 6.20. The van der Waals surface area contributed by atoms with E-state index in [2.05, 4.69) is 12.2 Å². The predicted molar refractivity (Wildman–Crippen MR) is 86.2 cm³/mol. The van der Waals surface area contributed by atoms with Crippen LogP contribution >= 0.6 is 0 Å². The van der Waals surface area contributed by atoms with Crippen LogP contribution in [-0.4, -0.2) is 62.3 Å². The lowest BCUT2D eigenvalue weighted by Crippen LogP contribution is -2.44. The maximum atomic E-state index is 12.4. The van der Waals surface area contributed by atoms with Gasteiger partial charge in [-0.15, -0.1) is 0 Å². The van der Waals surface area contributed by atoms with Gasteiger partial charge in [-0.1, -0.05) is 13.3 Å². The van der Waals surface area contributed by atoms with Crippen molar-refractivity contribution < 1.29 is 19.0 Å². The molecule has 0 radical (unpaired) electrons.